The van der Waals surface area contributed by atoms with Crippen LogP contribution in [-0.4, -0.2) is 40.3 Å². The smallest absolute Gasteiger partial charge is 0.305 e. The van der Waals surface area contributed by atoms with E-state index in [-0.39, 0.29) is 0 Å². The first kappa shape index (κ1) is 13.6. The lowest BCUT2D eigenvalue weighted by Crippen LogP contribution is -2.48. The molecule has 3 atom stereocenters. The number of nitrogens with two attached hydrogens (primary N) is 1. The van der Waals surface area contributed by atoms with Crippen molar-refractivity contribution >= 4 is 11.9 Å². The van der Waals surface area contributed by atoms with E-state index in [2.05, 4.69) is 11.9 Å². The predicted molar refractivity (Wildman–Crippen MR) is 54.0 cm³/mol. The first-order chi connectivity index (χ1) is 6.88. The third-order valence-electron chi connectivity index (χ3n) is 1.81. The predicted octanol–water partition coefficient (Wildman–Crippen LogP) is -1.16. The second-order valence-corrected chi connectivity index (χ2v) is 3.22. The molecule has 0 radical (unpaired) electrons. The molecule has 0 aliphatic carbocycles. The number of carbonyl (C=O) groups excluding carboxylic acids is 1. The second-order valence-electron chi connectivity index (χ2n) is 3.22. The molecule has 0 saturated carbocycles. The van der Waals surface area contributed by atoms with Crippen molar-refractivity contribution in [3.05, 3.63) is 12.7 Å². The summed E-state index contributed by atoms with van der Waals surface area (Å²) in [5.41, 5.74) is 5.31. The van der Waals surface area contributed by atoms with Crippen molar-refractivity contribution in [3.8, 4) is 0 Å². The molecule has 0 aliphatic rings. The number of nitrogens with one attached hydrogen (secondary N) is 1. The van der Waals surface area contributed by atoms with Crippen LogP contribution in [0, 0.1) is 0 Å². The van der Waals surface area contributed by atoms with Crippen LogP contribution in [0.25, 0.3) is 0 Å². The SMILES string of the molecule is C=C[C@H](NC(=O)[C@@H](N)CC(=O)O)[C@H](C)O. The van der Waals surface area contributed by atoms with Gasteiger partial charge in [-0.3, -0.25) is 9.59 Å². The number of aliphatic carboxylic acids is 1. The quantitative estimate of drug-likeness (QED) is 0.418. The summed E-state index contributed by atoms with van der Waals surface area (Å²) in [6, 6.07) is -1.75. The third-order valence-corrected chi connectivity index (χ3v) is 1.81. The van der Waals surface area contributed by atoms with E-state index in [9.17, 15) is 14.7 Å². The molecule has 6 heteroatoms. The lowest BCUT2D eigenvalue weighted by Gasteiger charge is -2.19. The molecule has 15 heavy (non-hydrogen) atoms. The summed E-state index contributed by atoms with van der Waals surface area (Å²) in [7, 11) is 0. The molecule has 0 heterocycles. The van der Waals surface area contributed by atoms with E-state index in [0.717, 1.165) is 0 Å². The summed E-state index contributed by atoms with van der Waals surface area (Å²) in [5, 5.41) is 20.0. The van der Waals surface area contributed by atoms with E-state index >= 15 is 0 Å². The largest absolute Gasteiger partial charge is 0.481 e. The molecule has 5 N–H and O–H groups in total. The van der Waals surface area contributed by atoms with Crippen LogP contribution in [0.4, 0.5) is 0 Å². The second kappa shape index (κ2) is 6.15. The topological polar surface area (TPSA) is 113 Å². The summed E-state index contributed by atoms with van der Waals surface area (Å²) < 4.78 is 0. The molecule has 0 bridgehead atoms. The zero-order valence-corrected chi connectivity index (χ0v) is 8.51. The Kier molecular flexibility index (Phi) is 5.58. The van der Waals surface area contributed by atoms with Gasteiger partial charge in [-0.15, -0.1) is 6.58 Å². The highest BCUT2D eigenvalue weighted by molar-refractivity contribution is 5.86. The molecule has 6 nitrogen and oxygen atoms in total. The van der Waals surface area contributed by atoms with Gasteiger partial charge < -0.3 is 21.3 Å². The molecule has 0 aromatic rings. The molecular formula is C9H16N2O4. The number of carbonyl (C=O) groups is 2. The van der Waals surface area contributed by atoms with E-state index in [1.165, 1.54) is 13.0 Å². The maximum atomic E-state index is 11.3. The Bertz CT molecular complexity index is 252. The van der Waals surface area contributed by atoms with Gasteiger partial charge in [-0.2, -0.15) is 0 Å². The molecule has 1 amide bonds. The van der Waals surface area contributed by atoms with Crippen LogP contribution in [0.15, 0.2) is 12.7 Å². The number of aliphatic hydroxyl groups excluding tert-OH is 1. The van der Waals surface area contributed by atoms with Gasteiger partial charge in [0.2, 0.25) is 5.91 Å². The minimum atomic E-state index is -1.15. The van der Waals surface area contributed by atoms with E-state index in [4.69, 9.17) is 10.8 Å². The number of hydrogen-bond acceptors (Lipinski definition) is 4. The fourth-order valence-corrected chi connectivity index (χ4v) is 0.929. The van der Waals surface area contributed by atoms with Gasteiger partial charge in [0.15, 0.2) is 0 Å². The maximum Gasteiger partial charge on any atom is 0.305 e. The van der Waals surface area contributed by atoms with Gasteiger partial charge in [-0.05, 0) is 6.92 Å². The molecule has 0 rings (SSSR count). The number of amides is 1. The number of carboxylic acid groups (broad SMARTS) is 1. The molecule has 0 saturated heterocycles. The van der Waals surface area contributed by atoms with E-state index < -0.39 is 36.5 Å². The molecule has 0 fully saturated rings. The van der Waals surface area contributed by atoms with Gasteiger partial charge >= 0.3 is 5.97 Å². The summed E-state index contributed by atoms with van der Waals surface area (Å²) in [6.45, 7) is 4.91. The molecule has 0 aromatic carbocycles. The lowest BCUT2D eigenvalue weighted by molar-refractivity contribution is -0.139. The minimum Gasteiger partial charge on any atom is -0.481 e. The van der Waals surface area contributed by atoms with Crippen LogP contribution >= 0.6 is 0 Å². The van der Waals surface area contributed by atoms with Crippen LogP contribution < -0.4 is 11.1 Å². The fourth-order valence-electron chi connectivity index (χ4n) is 0.929. The van der Waals surface area contributed by atoms with Crippen molar-refractivity contribution in [2.45, 2.75) is 31.5 Å². The van der Waals surface area contributed by atoms with Gasteiger partial charge in [0.25, 0.3) is 0 Å². The minimum absolute atomic E-state index is 0.449. The van der Waals surface area contributed by atoms with Crippen LogP contribution in [0.5, 0.6) is 0 Å². The summed E-state index contributed by atoms with van der Waals surface area (Å²) in [6.07, 6.45) is 0.106. The average Bonchev–Trinajstić information content (AvgIpc) is 2.11. The van der Waals surface area contributed by atoms with E-state index in [0.29, 0.717) is 0 Å². The number of carboxylic acids is 1. The van der Waals surface area contributed by atoms with Gasteiger partial charge in [0.1, 0.15) is 0 Å². The van der Waals surface area contributed by atoms with Crippen molar-refractivity contribution in [1.82, 2.24) is 5.32 Å². The first-order valence-corrected chi connectivity index (χ1v) is 4.46. The normalized spacial score (nSPS) is 16.2. The molecule has 0 unspecified atom stereocenters. The summed E-state index contributed by atoms with van der Waals surface area (Å²) in [4.78, 5) is 21.6. The Morgan fingerprint density at radius 1 is 1.60 bits per heavy atom. The van der Waals surface area contributed by atoms with Gasteiger partial charge in [0, 0.05) is 0 Å². The average molecular weight is 216 g/mol. The Labute approximate surface area is 87.8 Å². The van der Waals surface area contributed by atoms with Crippen molar-refractivity contribution in [2.75, 3.05) is 0 Å². The Hall–Kier alpha value is -1.40. The van der Waals surface area contributed by atoms with Crippen LogP contribution in [0.3, 0.4) is 0 Å². The highest BCUT2D eigenvalue weighted by Gasteiger charge is 2.20. The molecule has 86 valence electrons. The number of rotatable bonds is 6. The van der Waals surface area contributed by atoms with Crippen molar-refractivity contribution in [3.63, 3.8) is 0 Å². The van der Waals surface area contributed by atoms with Crippen molar-refractivity contribution < 1.29 is 19.8 Å². The van der Waals surface area contributed by atoms with E-state index in [1.807, 2.05) is 0 Å². The van der Waals surface area contributed by atoms with Crippen LogP contribution in [0.2, 0.25) is 0 Å². The highest BCUT2D eigenvalue weighted by Crippen LogP contribution is 1.96. The molecular weight excluding hydrogens is 200 g/mol. The zero-order chi connectivity index (χ0) is 12.0. The Balaban J connectivity index is 4.21. The number of hydrogen-bond donors (Lipinski definition) is 4. The highest BCUT2D eigenvalue weighted by atomic mass is 16.4. The summed E-state index contributed by atoms with van der Waals surface area (Å²) >= 11 is 0. The van der Waals surface area contributed by atoms with Gasteiger partial charge in [-0.1, -0.05) is 6.08 Å². The fraction of sp³-hybridized carbons (Fsp3) is 0.556. The maximum absolute atomic E-state index is 11.3. The monoisotopic (exact) mass is 216 g/mol. The molecule has 0 aromatic heterocycles. The van der Waals surface area contributed by atoms with Gasteiger partial charge in [0.05, 0.1) is 24.6 Å². The van der Waals surface area contributed by atoms with Crippen molar-refractivity contribution in [1.29, 1.82) is 0 Å². The first-order valence-electron chi connectivity index (χ1n) is 4.46. The summed E-state index contributed by atoms with van der Waals surface area (Å²) in [5.74, 6) is -1.77. The van der Waals surface area contributed by atoms with Gasteiger partial charge in [-0.25, -0.2) is 0 Å². The Morgan fingerprint density at radius 2 is 2.13 bits per heavy atom. The van der Waals surface area contributed by atoms with Crippen LogP contribution in [-0.2, 0) is 9.59 Å². The zero-order valence-electron chi connectivity index (χ0n) is 8.51. The lowest BCUT2D eigenvalue weighted by atomic mass is 10.1. The number of aliphatic hydroxyl groups is 1. The standard InChI is InChI=1S/C9H16N2O4/c1-3-7(5(2)12)11-9(15)6(10)4-8(13)14/h3,5-7,12H,1,4,10H2,2H3,(H,11,15)(H,13,14)/t5-,6-,7-/m0/s1. The van der Waals surface area contributed by atoms with Crippen molar-refractivity contribution in [2.24, 2.45) is 5.73 Å². The van der Waals surface area contributed by atoms with E-state index in [1.54, 1.807) is 0 Å². The molecule has 0 spiro atoms. The third kappa shape index (κ3) is 5.14. The molecule has 0 aliphatic heterocycles. The van der Waals surface area contributed by atoms with Crippen LogP contribution in [0.1, 0.15) is 13.3 Å². The Morgan fingerprint density at radius 3 is 2.47 bits per heavy atom.